The number of hydrogen-bond donors (Lipinski definition) is 1. The molecule has 116 valence electrons. The highest BCUT2D eigenvalue weighted by Crippen LogP contribution is 2.21. The topological polar surface area (TPSA) is 40.5 Å². The minimum atomic E-state index is 0.0991. The molecule has 2 saturated heterocycles. The van der Waals surface area contributed by atoms with Gasteiger partial charge in [0.05, 0.1) is 5.02 Å². The molecule has 0 unspecified atom stereocenters. The molecule has 1 N–H and O–H groups in total. The number of rotatable bonds is 3. The lowest BCUT2D eigenvalue weighted by atomic mass is 10.1. The quantitative estimate of drug-likeness (QED) is 0.919. The molecule has 5 nitrogen and oxygen atoms in total. The average molecular weight is 311 g/mol. The van der Waals surface area contributed by atoms with Gasteiger partial charge in [-0.25, -0.2) is 0 Å². The second kappa shape index (κ2) is 5.99. The summed E-state index contributed by atoms with van der Waals surface area (Å²) in [5.41, 5.74) is 0.703. The summed E-state index contributed by atoms with van der Waals surface area (Å²) < 4.78 is 1.97. The third-order valence-corrected chi connectivity index (χ3v) is 4.68. The first-order valence-corrected chi connectivity index (χ1v) is 8.05. The lowest BCUT2D eigenvalue weighted by Gasteiger charge is -2.43. The second-order valence-corrected chi connectivity index (χ2v) is 6.62. The van der Waals surface area contributed by atoms with Crippen LogP contribution in [0.2, 0.25) is 5.02 Å². The van der Waals surface area contributed by atoms with Crippen LogP contribution in [0.4, 0.5) is 0 Å². The fourth-order valence-electron chi connectivity index (χ4n) is 3.03. The van der Waals surface area contributed by atoms with Gasteiger partial charge < -0.3 is 14.8 Å². The van der Waals surface area contributed by atoms with Gasteiger partial charge in [-0.2, -0.15) is 0 Å². The Morgan fingerprint density at radius 1 is 1.29 bits per heavy atom. The Morgan fingerprint density at radius 2 is 1.95 bits per heavy atom. The van der Waals surface area contributed by atoms with E-state index >= 15 is 0 Å². The third kappa shape index (κ3) is 2.96. The van der Waals surface area contributed by atoms with Crippen molar-refractivity contribution in [2.75, 3.05) is 39.3 Å². The molecule has 0 spiro atoms. The van der Waals surface area contributed by atoms with Crippen molar-refractivity contribution in [3.63, 3.8) is 0 Å². The smallest absolute Gasteiger partial charge is 0.270 e. The van der Waals surface area contributed by atoms with Crippen molar-refractivity contribution >= 4 is 17.5 Å². The summed E-state index contributed by atoms with van der Waals surface area (Å²) in [4.78, 5) is 17.1. The second-order valence-electron chi connectivity index (χ2n) is 6.18. The number of aromatic nitrogens is 1. The number of halogens is 1. The zero-order valence-electron chi connectivity index (χ0n) is 12.7. The Morgan fingerprint density at radius 3 is 2.48 bits per heavy atom. The predicted molar refractivity (Wildman–Crippen MR) is 84.0 cm³/mol. The molecule has 0 radical (unpaired) electrons. The molecule has 0 bridgehead atoms. The molecule has 0 atom stereocenters. The van der Waals surface area contributed by atoms with E-state index in [1.165, 1.54) is 0 Å². The van der Waals surface area contributed by atoms with Crippen LogP contribution >= 0.6 is 11.6 Å². The molecule has 1 aromatic heterocycles. The maximum absolute atomic E-state index is 12.7. The minimum absolute atomic E-state index is 0.0991. The van der Waals surface area contributed by atoms with E-state index in [2.05, 4.69) is 24.1 Å². The number of carbonyl (C=O) groups is 1. The van der Waals surface area contributed by atoms with Gasteiger partial charge in [-0.05, 0) is 19.9 Å². The summed E-state index contributed by atoms with van der Waals surface area (Å²) in [5, 5.41) is 3.93. The van der Waals surface area contributed by atoms with Gasteiger partial charge in [0.1, 0.15) is 5.69 Å². The zero-order chi connectivity index (χ0) is 15.0. The van der Waals surface area contributed by atoms with Crippen LogP contribution in [0.3, 0.4) is 0 Å². The monoisotopic (exact) mass is 310 g/mol. The van der Waals surface area contributed by atoms with Gasteiger partial charge in [0, 0.05) is 57.5 Å². The Labute approximate surface area is 130 Å². The minimum Gasteiger partial charge on any atom is -0.339 e. The Kier molecular flexibility index (Phi) is 4.24. The van der Waals surface area contributed by atoms with Crippen molar-refractivity contribution in [1.82, 2.24) is 19.7 Å². The van der Waals surface area contributed by atoms with Crippen molar-refractivity contribution in [1.29, 1.82) is 0 Å². The van der Waals surface area contributed by atoms with E-state index in [0.29, 0.717) is 16.8 Å². The molecular formula is C15H23ClN4O. The molecule has 2 fully saturated rings. The van der Waals surface area contributed by atoms with E-state index in [-0.39, 0.29) is 11.9 Å². The fraction of sp³-hybridized carbons (Fsp3) is 0.667. The zero-order valence-corrected chi connectivity index (χ0v) is 13.4. The van der Waals surface area contributed by atoms with E-state index < -0.39 is 0 Å². The van der Waals surface area contributed by atoms with Crippen molar-refractivity contribution in [3.8, 4) is 0 Å². The molecule has 0 aliphatic carbocycles. The average Bonchev–Trinajstić information content (AvgIpc) is 2.79. The molecule has 0 aromatic carbocycles. The molecule has 21 heavy (non-hydrogen) atoms. The van der Waals surface area contributed by atoms with Gasteiger partial charge >= 0.3 is 0 Å². The summed E-state index contributed by atoms with van der Waals surface area (Å²) in [7, 11) is 0. The summed E-state index contributed by atoms with van der Waals surface area (Å²) in [6.45, 7) is 9.83. The maximum Gasteiger partial charge on any atom is 0.270 e. The van der Waals surface area contributed by atoms with Crippen LogP contribution < -0.4 is 5.32 Å². The van der Waals surface area contributed by atoms with Gasteiger partial charge in [0.25, 0.3) is 5.91 Å². The Hall–Kier alpha value is -1.04. The normalized spacial score (nSPS) is 20.9. The first-order valence-electron chi connectivity index (χ1n) is 7.67. The maximum atomic E-state index is 12.7. The van der Waals surface area contributed by atoms with Crippen molar-refractivity contribution in [2.45, 2.75) is 25.9 Å². The fourth-order valence-corrected chi connectivity index (χ4v) is 3.24. The number of piperazine rings is 1. The van der Waals surface area contributed by atoms with E-state index in [9.17, 15) is 4.79 Å². The molecule has 3 heterocycles. The highest BCUT2D eigenvalue weighted by molar-refractivity contribution is 6.31. The van der Waals surface area contributed by atoms with Crippen LogP contribution in [0, 0.1) is 0 Å². The SMILES string of the molecule is CC(C)n1cc(Cl)cc1C(=O)N1CCN(C2CNC2)CC1. The Balaban J connectivity index is 1.66. The third-order valence-electron chi connectivity index (χ3n) is 4.47. The first-order chi connectivity index (χ1) is 10.1. The van der Waals surface area contributed by atoms with Crippen molar-refractivity contribution in [3.05, 3.63) is 23.0 Å². The Bertz CT molecular complexity index is 516. The van der Waals surface area contributed by atoms with Gasteiger partial charge in [0.15, 0.2) is 0 Å². The van der Waals surface area contributed by atoms with Gasteiger partial charge in [-0.1, -0.05) is 11.6 Å². The number of carbonyl (C=O) groups excluding carboxylic acids is 1. The molecule has 3 rings (SSSR count). The molecular weight excluding hydrogens is 288 g/mol. The van der Waals surface area contributed by atoms with Crippen LogP contribution in [0.5, 0.6) is 0 Å². The molecule has 0 saturated carbocycles. The molecule has 6 heteroatoms. The predicted octanol–water partition coefficient (Wildman–Crippen LogP) is 1.45. The van der Waals surface area contributed by atoms with Gasteiger partial charge in [0.2, 0.25) is 0 Å². The first kappa shape index (κ1) is 14.9. The van der Waals surface area contributed by atoms with E-state index in [4.69, 9.17) is 11.6 Å². The van der Waals surface area contributed by atoms with Crippen LogP contribution in [0.25, 0.3) is 0 Å². The highest BCUT2D eigenvalue weighted by Gasteiger charge is 2.30. The number of nitrogens with one attached hydrogen (secondary N) is 1. The summed E-state index contributed by atoms with van der Waals surface area (Å²) >= 11 is 6.08. The van der Waals surface area contributed by atoms with E-state index in [0.717, 1.165) is 39.3 Å². The summed E-state index contributed by atoms with van der Waals surface area (Å²) in [5.74, 6) is 0.0991. The lowest BCUT2D eigenvalue weighted by Crippen LogP contribution is -2.62. The molecule has 1 aromatic rings. The number of hydrogen-bond acceptors (Lipinski definition) is 3. The van der Waals surface area contributed by atoms with Crippen LogP contribution in [0.15, 0.2) is 12.3 Å². The van der Waals surface area contributed by atoms with Crippen molar-refractivity contribution < 1.29 is 4.79 Å². The van der Waals surface area contributed by atoms with E-state index in [1.54, 1.807) is 6.07 Å². The molecule has 2 aliphatic heterocycles. The standard InChI is InChI=1S/C15H23ClN4O/c1-11(2)20-10-12(16)7-14(20)15(21)19-5-3-18(4-6-19)13-8-17-9-13/h7,10-11,13,17H,3-6,8-9H2,1-2H3. The largest absolute Gasteiger partial charge is 0.339 e. The number of nitrogens with zero attached hydrogens (tertiary/aromatic N) is 3. The summed E-state index contributed by atoms with van der Waals surface area (Å²) in [6.07, 6.45) is 1.84. The molecule has 1 amide bonds. The van der Waals surface area contributed by atoms with Crippen LogP contribution in [0.1, 0.15) is 30.4 Å². The van der Waals surface area contributed by atoms with E-state index in [1.807, 2.05) is 15.7 Å². The van der Waals surface area contributed by atoms with Crippen LogP contribution in [-0.4, -0.2) is 65.6 Å². The van der Waals surface area contributed by atoms with Gasteiger partial charge in [-0.15, -0.1) is 0 Å². The van der Waals surface area contributed by atoms with Crippen molar-refractivity contribution in [2.24, 2.45) is 0 Å². The van der Waals surface area contributed by atoms with Gasteiger partial charge in [-0.3, -0.25) is 9.69 Å². The number of amides is 1. The summed E-state index contributed by atoms with van der Waals surface area (Å²) in [6, 6.07) is 2.68. The lowest BCUT2D eigenvalue weighted by molar-refractivity contribution is 0.0492. The molecule has 2 aliphatic rings. The van der Waals surface area contributed by atoms with Crippen LogP contribution in [-0.2, 0) is 0 Å². The highest BCUT2D eigenvalue weighted by atomic mass is 35.5.